The maximum Gasteiger partial charge on any atom is 0.178 e. The standard InChI is InChI=1S/C19H11Cl2N3/c20-14-7-3-6-13(18(14)21)16-9-4-10-17(23-16)19-22-11-12-5-1-2-8-15(12)24-19/h1-11H. The minimum atomic E-state index is 0.489. The highest BCUT2D eigenvalue weighted by molar-refractivity contribution is 6.43. The average molecular weight is 352 g/mol. The van der Waals surface area contributed by atoms with Gasteiger partial charge in [-0.2, -0.15) is 0 Å². The third-order valence-electron chi connectivity index (χ3n) is 3.69. The lowest BCUT2D eigenvalue weighted by atomic mass is 10.1. The Morgan fingerprint density at radius 3 is 2.42 bits per heavy atom. The van der Waals surface area contributed by atoms with Crippen molar-refractivity contribution < 1.29 is 0 Å². The predicted molar refractivity (Wildman–Crippen MR) is 98.2 cm³/mol. The van der Waals surface area contributed by atoms with E-state index in [9.17, 15) is 0 Å². The number of rotatable bonds is 2. The summed E-state index contributed by atoms with van der Waals surface area (Å²) in [7, 11) is 0. The molecule has 4 aromatic rings. The molecule has 0 radical (unpaired) electrons. The van der Waals surface area contributed by atoms with Crippen LogP contribution in [-0.4, -0.2) is 15.0 Å². The molecule has 0 aliphatic carbocycles. The molecule has 0 aliphatic heterocycles. The van der Waals surface area contributed by atoms with Gasteiger partial charge < -0.3 is 0 Å². The minimum absolute atomic E-state index is 0.489. The highest BCUT2D eigenvalue weighted by atomic mass is 35.5. The number of hydrogen-bond acceptors (Lipinski definition) is 3. The Hall–Kier alpha value is -2.49. The number of pyridine rings is 1. The van der Waals surface area contributed by atoms with E-state index in [-0.39, 0.29) is 0 Å². The first-order chi connectivity index (χ1) is 11.7. The predicted octanol–water partition coefficient (Wildman–Crippen LogP) is 5.67. The van der Waals surface area contributed by atoms with Crippen molar-refractivity contribution in [2.24, 2.45) is 0 Å². The Morgan fingerprint density at radius 2 is 1.50 bits per heavy atom. The van der Waals surface area contributed by atoms with Crippen molar-refractivity contribution in [2.45, 2.75) is 0 Å². The van der Waals surface area contributed by atoms with Crippen LogP contribution < -0.4 is 0 Å². The molecule has 0 amide bonds. The topological polar surface area (TPSA) is 38.7 Å². The quantitative estimate of drug-likeness (QED) is 0.467. The number of benzene rings is 2. The molecule has 116 valence electrons. The third-order valence-corrected chi connectivity index (χ3v) is 4.51. The SMILES string of the molecule is Clc1cccc(-c2cccc(-c3ncc4ccccc4n3)n2)c1Cl. The normalized spacial score (nSPS) is 10.9. The van der Waals surface area contributed by atoms with Gasteiger partial charge in [0.25, 0.3) is 0 Å². The molecule has 0 aliphatic rings. The van der Waals surface area contributed by atoms with E-state index >= 15 is 0 Å². The molecule has 0 fully saturated rings. The molecule has 2 aromatic heterocycles. The highest BCUT2D eigenvalue weighted by Gasteiger charge is 2.10. The number of hydrogen-bond donors (Lipinski definition) is 0. The summed E-state index contributed by atoms with van der Waals surface area (Å²) in [5.41, 5.74) is 3.09. The second kappa shape index (κ2) is 6.19. The third kappa shape index (κ3) is 2.73. The smallest absolute Gasteiger partial charge is 0.178 e. The van der Waals surface area contributed by atoms with Crippen LogP contribution in [0.25, 0.3) is 33.7 Å². The lowest BCUT2D eigenvalue weighted by Crippen LogP contribution is -1.94. The molecule has 2 aromatic carbocycles. The van der Waals surface area contributed by atoms with Gasteiger partial charge in [-0.3, -0.25) is 0 Å². The van der Waals surface area contributed by atoms with E-state index in [1.54, 1.807) is 12.3 Å². The molecular weight excluding hydrogens is 341 g/mol. The summed E-state index contributed by atoms with van der Waals surface area (Å²) in [6, 6.07) is 19.0. The molecule has 24 heavy (non-hydrogen) atoms. The van der Waals surface area contributed by atoms with Gasteiger partial charge in [0.1, 0.15) is 5.69 Å². The van der Waals surface area contributed by atoms with Crippen molar-refractivity contribution in [3.63, 3.8) is 0 Å². The molecule has 0 N–H and O–H groups in total. The van der Waals surface area contributed by atoms with E-state index in [0.717, 1.165) is 22.2 Å². The number of aromatic nitrogens is 3. The van der Waals surface area contributed by atoms with Crippen LogP contribution in [0.1, 0.15) is 0 Å². The Balaban J connectivity index is 1.83. The van der Waals surface area contributed by atoms with E-state index in [2.05, 4.69) is 15.0 Å². The fourth-order valence-electron chi connectivity index (χ4n) is 2.51. The van der Waals surface area contributed by atoms with Crippen LogP contribution in [0.15, 0.2) is 66.9 Å². The number of halogens is 2. The first-order valence-electron chi connectivity index (χ1n) is 7.36. The fourth-order valence-corrected chi connectivity index (χ4v) is 2.90. The number of para-hydroxylation sites is 1. The second-order valence-electron chi connectivity index (χ2n) is 5.26. The summed E-state index contributed by atoms with van der Waals surface area (Å²) in [5.74, 6) is 0.578. The van der Waals surface area contributed by atoms with Gasteiger partial charge in [-0.1, -0.05) is 59.6 Å². The monoisotopic (exact) mass is 351 g/mol. The van der Waals surface area contributed by atoms with E-state index in [1.807, 2.05) is 54.6 Å². The van der Waals surface area contributed by atoms with E-state index in [1.165, 1.54) is 0 Å². The summed E-state index contributed by atoms with van der Waals surface area (Å²) < 4.78 is 0. The molecule has 2 heterocycles. The van der Waals surface area contributed by atoms with E-state index < -0.39 is 0 Å². The number of nitrogens with zero attached hydrogens (tertiary/aromatic N) is 3. The van der Waals surface area contributed by atoms with Gasteiger partial charge >= 0.3 is 0 Å². The summed E-state index contributed by atoms with van der Waals surface area (Å²) in [5, 5.41) is 1.99. The Bertz CT molecular complexity index is 1050. The minimum Gasteiger partial charge on any atom is -0.244 e. The molecule has 0 spiro atoms. The lowest BCUT2D eigenvalue weighted by molar-refractivity contribution is 1.18. The fraction of sp³-hybridized carbons (Fsp3) is 0. The molecule has 5 heteroatoms. The molecule has 0 atom stereocenters. The summed E-state index contributed by atoms with van der Waals surface area (Å²) in [4.78, 5) is 13.7. The maximum absolute atomic E-state index is 6.30. The molecule has 0 saturated carbocycles. The van der Waals surface area contributed by atoms with Crippen LogP contribution in [-0.2, 0) is 0 Å². The van der Waals surface area contributed by atoms with Gasteiger partial charge in [-0.25, -0.2) is 15.0 Å². The zero-order valence-corrected chi connectivity index (χ0v) is 14.0. The van der Waals surface area contributed by atoms with Crippen molar-refractivity contribution >= 4 is 34.1 Å². The van der Waals surface area contributed by atoms with Gasteiger partial charge in [0, 0.05) is 17.1 Å². The van der Waals surface area contributed by atoms with Gasteiger partial charge in [0.2, 0.25) is 0 Å². The largest absolute Gasteiger partial charge is 0.244 e. The van der Waals surface area contributed by atoms with Crippen molar-refractivity contribution in [1.29, 1.82) is 0 Å². The first-order valence-corrected chi connectivity index (χ1v) is 8.11. The molecule has 0 saturated heterocycles. The van der Waals surface area contributed by atoms with Gasteiger partial charge in [-0.05, 0) is 24.3 Å². The van der Waals surface area contributed by atoms with Crippen LogP contribution >= 0.6 is 23.2 Å². The molecule has 3 nitrogen and oxygen atoms in total. The molecular formula is C19H11Cl2N3. The van der Waals surface area contributed by atoms with Crippen LogP contribution in [0.2, 0.25) is 10.0 Å². The van der Waals surface area contributed by atoms with Crippen LogP contribution in [0, 0.1) is 0 Å². The summed E-state index contributed by atoms with van der Waals surface area (Å²) in [6.45, 7) is 0. The van der Waals surface area contributed by atoms with Gasteiger partial charge in [0.15, 0.2) is 5.82 Å². The highest BCUT2D eigenvalue weighted by Crippen LogP contribution is 2.33. The van der Waals surface area contributed by atoms with Crippen LogP contribution in [0.5, 0.6) is 0 Å². The van der Waals surface area contributed by atoms with Gasteiger partial charge in [0.05, 0.1) is 21.3 Å². The second-order valence-corrected chi connectivity index (χ2v) is 6.05. The molecule has 0 unspecified atom stereocenters. The Labute approximate surface area is 148 Å². The van der Waals surface area contributed by atoms with Crippen LogP contribution in [0.3, 0.4) is 0 Å². The molecule has 4 rings (SSSR count). The van der Waals surface area contributed by atoms with Gasteiger partial charge in [-0.15, -0.1) is 0 Å². The van der Waals surface area contributed by atoms with E-state index in [0.29, 0.717) is 21.6 Å². The Kier molecular flexibility index (Phi) is 3.89. The van der Waals surface area contributed by atoms with E-state index in [4.69, 9.17) is 23.2 Å². The number of fused-ring (bicyclic) bond motifs is 1. The van der Waals surface area contributed by atoms with Crippen molar-refractivity contribution in [3.05, 3.63) is 76.9 Å². The maximum atomic E-state index is 6.30. The summed E-state index contributed by atoms with van der Waals surface area (Å²) in [6.07, 6.45) is 1.80. The lowest BCUT2D eigenvalue weighted by Gasteiger charge is -2.07. The zero-order chi connectivity index (χ0) is 16.5. The molecule has 0 bridgehead atoms. The Morgan fingerprint density at radius 1 is 0.708 bits per heavy atom. The van der Waals surface area contributed by atoms with Crippen molar-refractivity contribution in [3.8, 4) is 22.8 Å². The first kappa shape index (κ1) is 15.1. The van der Waals surface area contributed by atoms with Crippen LogP contribution in [0.4, 0.5) is 0 Å². The van der Waals surface area contributed by atoms with Crippen molar-refractivity contribution in [1.82, 2.24) is 15.0 Å². The zero-order valence-electron chi connectivity index (χ0n) is 12.4. The van der Waals surface area contributed by atoms with Crippen molar-refractivity contribution in [2.75, 3.05) is 0 Å². The summed E-state index contributed by atoms with van der Waals surface area (Å²) >= 11 is 12.4. The average Bonchev–Trinajstić information content (AvgIpc) is 2.64.